The number of pyridine rings is 1. The van der Waals surface area contributed by atoms with Gasteiger partial charge in [-0.15, -0.1) is 0 Å². The van der Waals surface area contributed by atoms with Crippen molar-refractivity contribution in [3.63, 3.8) is 0 Å². The van der Waals surface area contributed by atoms with E-state index in [2.05, 4.69) is 36.1 Å². The topological polar surface area (TPSA) is 69.0 Å². The summed E-state index contributed by atoms with van der Waals surface area (Å²) in [6.07, 6.45) is 1.44. The van der Waals surface area contributed by atoms with Crippen molar-refractivity contribution in [2.75, 3.05) is 0 Å². The molecule has 2 heterocycles. The van der Waals surface area contributed by atoms with Gasteiger partial charge in [-0.25, -0.2) is 9.67 Å². The molecule has 0 spiro atoms. The summed E-state index contributed by atoms with van der Waals surface area (Å²) in [4.78, 5) is 16.7. The van der Waals surface area contributed by atoms with Crippen molar-refractivity contribution in [1.29, 1.82) is 0 Å². The smallest absolute Gasteiger partial charge is 0.387 e. The van der Waals surface area contributed by atoms with Gasteiger partial charge in [0.1, 0.15) is 5.75 Å². The third-order valence-electron chi connectivity index (χ3n) is 3.91. The fraction of sp³-hybridized carbons (Fsp3) is 0.211. The summed E-state index contributed by atoms with van der Waals surface area (Å²) in [5.74, 6) is 0.230. The Morgan fingerprint density at radius 3 is 2.64 bits per heavy atom. The zero-order chi connectivity index (χ0) is 20.3. The van der Waals surface area contributed by atoms with E-state index in [0.29, 0.717) is 21.4 Å². The molecule has 3 aromatic rings. The van der Waals surface area contributed by atoms with Gasteiger partial charge >= 0.3 is 6.61 Å². The van der Waals surface area contributed by atoms with Crippen molar-refractivity contribution in [2.24, 2.45) is 0 Å². The molecule has 0 aliphatic heterocycles. The second-order valence-electron chi connectivity index (χ2n) is 6.06. The first-order valence-electron chi connectivity index (χ1n) is 8.34. The minimum absolute atomic E-state index is 0.0106. The van der Waals surface area contributed by atoms with Crippen LogP contribution in [0.1, 0.15) is 27.3 Å². The number of carbonyl (C=O) groups excluding carboxylic acids is 1. The molecule has 0 fully saturated rings. The molecular formula is C19H17BrF2N4O2. The zero-order valence-electron chi connectivity index (χ0n) is 15.1. The van der Waals surface area contributed by atoms with Crippen molar-refractivity contribution in [3.8, 4) is 11.6 Å². The first kappa shape index (κ1) is 19.9. The molecule has 0 radical (unpaired) electrons. The highest BCUT2D eigenvalue weighted by Gasteiger charge is 2.13. The molecule has 1 aromatic carbocycles. The lowest BCUT2D eigenvalue weighted by Gasteiger charge is -2.12. The van der Waals surface area contributed by atoms with Gasteiger partial charge in [0.2, 0.25) is 0 Å². The average Bonchev–Trinajstić information content (AvgIpc) is 2.99. The van der Waals surface area contributed by atoms with Crippen LogP contribution in [0.5, 0.6) is 5.75 Å². The number of carbonyl (C=O) groups is 1. The summed E-state index contributed by atoms with van der Waals surface area (Å²) in [5.41, 5.74) is 2.58. The molecule has 1 N–H and O–H groups in total. The predicted molar refractivity (Wildman–Crippen MR) is 103 cm³/mol. The van der Waals surface area contributed by atoms with Gasteiger partial charge < -0.3 is 10.1 Å². The molecule has 0 atom stereocenters. The summed E-state index contributed by atoms with van der Waals surface area (Å²) < 4.78 is 31.9. The summed E-state index contributed by atoms with van der Waals surface area (Å²) >= 11 is 3.28. The summed E-state index contributed by atoms with van der Waals surface area (Å²) in [6.45, 7) is 0.889. The number of nitrogens with one attached hydrogen (secondary N) is 1. The Balaban J connectivity index is 1.70. The number of benzene rings is 1. The molecule has 146 valence electrons. The van der Waals surface area contributed by atoms with Gasteiger partial charge in [-0.3, -0.25) is 4.79 Å². The van der Waals surface area contributed by atoms with Crippen LogP contribution in [0, 0.1) is 13.8 Å². The molecular weight excluding hydrogens is 434 g/mol. The number of halogens is 3. The Morgan fingerprint density at radius 2 is 2.04 bits per heavy atom. The number of alkyl halides is 2. The molecule has 1 amide bonds. The number of rotatable bonds is 6. The second kappa shape index (κ2) is 8.47. The number of aryl methyl sites for hydroxylation is 2. The van der Waals surface area contributed by atoms with E-state index in [4.69, 9.17) is 0 Å². The van der Waals surface area contributed by atoms with Crippen LogP contribution in [0.4, 0.5) is 8.78 Å². The number of aromatic nitrogens is 3. The Labute approximate surface area is 168 Å². The maximum atomic E-state index is 12.5. The van der Waals surface area contributed by atoms with E-state index in [0.717, 1.165) is 11.4 Å². The fourth-order valence-corrected chi connectivity index (χ4v) is 3.09. The number of hydrogen-bond donors (Lipinski definition) is 1. The molecule has 28 heavy (non-hydrogen) atoms. The van der Waals surface area contributed by atoms with E-state index in [1.54, 1.807) is 28.9 Å². The maximum Gasteiger partial charge on any atom is 0.387 e. The molecule has 0 unspecified atom stereocenters. The van der Waals surface area contributed by atoms with Gasteiger partial charge in [-0.1, -0.05) is 15.9 Å². The number of nitrogens with zero attached hydrogens (tertiary/aromatic N) is 3. The van der Waals surface area contributed by atoms with Crippen molar-refractivity contribution >= 4 is 21.8 Å². The molecule has 0 aliphatic rings. The van der Waals surface area contributed by atoms with Gasteiger partial charge in [0, 0.05) is 28.5 Å². The normalized spacial score (nSPS) is 10.9. The van der Waals surface area contributed by atoms with E-state index in [1.807, 2.05) is 19.9 Å². The van der Waals surface area contributed by atoms with Crippen LogP contribution in [-0.4, -0.2) is 27.3 Å². The lowest BCUT2D eigenvalue weighted by atomic mass is 10.2. The minimum atomic E-state index is -2.94. The monoisotopic (exact) mass is 450 g/mol. The van der Waals surface area contributed by atoms with E-state index < -0.39 is 6.61 Å². The van der Waals surface area contributed by atoms with Gasteiger partial charge in [0.05, 0.1) is 11.3 Å². The maximum absolute atomic E-state index is 12.5. The van der Waals surface area contributed by atoms with E-state index in [1.165, 1.54) is 12.3 Å². The molecule has 6 nitrogen and oxygen atoms in total. The number of ether oxygens (including phenoxy) is 1. The SMILES string of the molecule is Cc1cc(C)n(-c2ccc(C(=O)NCc3cc(Br)ccc3OC(F)F)cn2)n1. The lowest BCUT2D eigenvalue weighted by molar-refractivity contribution is -0.0504. The van der Waals surface area contributed by atoms with E-state index in [9.17, 15) is 13.6 Å². The third-order valence-corrected chi connectivity index (χ3v) is 4.41. The molecule has 2 aromatic heterocycles. The summed E-state index contributed by atoms with van der Waals surface area (Å²) in [6, 6.07) is 9.87. The Hall–Kier alpha value is -2.81. The predicted octanol–water partition coefficient (Wildman–Crippen LogP) is 4.18. The highest BCUT2D eigenvalue weighted by molar-refractivity contribution is 9.10. The van der Waals surface area contributed by atoms with Crippen LogP contribution in [0.15, 0.2) is 47.1 Å². The largest absolute Gasteiger partial charge is 0.434 e. The molecule has 9 heteroatoms. The standard InChI is InChI=1S/C19H17BrF2N4O2/c1-11-7-12(2)26(25-11)17-6-3-13(9-23-17)18(27)24-10-14-8-15(20)4-5-16(14)28-19(21)22/h3-9,19H,10H2,1-2H3,(H,24,27). The number of amides is 1. The Morgan fingerprint density at radius 1 is 1.25 bits per heavy atom. The quantitative estimate of drug-likeness (QED) is 0.611. The highest BCUT2D eigenvalue weighted by atomic mass is 79.9. The lowest BCUT2D eigenvalue weighted by Crippen LogP contribution is -2.23. The van der Waals surface area contributed by atoms with Crippen LogP contribution in [0.3, 0.4) is 0 Å². The van der Waals surface area contributed by atoms with Crippen molar-refractivity contribution in [1.82, 2.24) is 20.1 Å². The Kier molecular flexibility index (Phi) is 6.03. The van der Waals surface area contributed by atoms with Crippen molar-refractivity contribution in [2.45, 2.75) is 27.0 Å². The van der Waals surface area contributed by atoms with Gasteiger partial charge in [0.15, 0.2) is 5.82 Å². The first-order chi connectivity index (χ1) is 13.3. The van der Waals surface area contributed by atoms with E-state index >= 15 is 0 Å². The van der Waals surface area contributed by atoms with Gasteiger partial charge in [-0.2, -0.15) is 13.9 Å². The van der Waals surface area contributed by atoms with Crippen molar-refractivity contribution < 1.29 is 18.3 Å². The van der Waals surface area contributed by atoms with Crippen molar-refractivity contribution in [3.05, 3.63) is 69.6 Å². The van der Waals surface area contributed by atoms with Crippen LogP contribution in [0.2, 0.25) is 0 Å². The van der Waals surface area contributed by atoms with E-state index in [-0.39, 0.29) is 18.2 Å². The second-order valence-corrected chi connectivity index (χ2v) is 6.97. The summed E-state index contributed by atoms with van der Waals surface area (Å²) in [7, 11) is 0. The Bertz CT molecular complexity index is 990. The van der Waals surface area contributed by atoms with Crippen LogP contribution in [-0.2, 0) is 6.54 Å². The van der Waals surface area contributed by atoms with Crippen LogP contribution < -0.4 is 10.1 Å². The molecule has 0 aliphatic carbocycles. The summed E-state index contributed by atoms with van der Waals surface area (Å²) in [5, 5.41) is 7.03. The highest BCUT2D eigenvalue weighted by Crippen LogP contribution is 2.24. The first-order valence-corrected chi connectivity index (χ1v) is 9.14. The molecule has 0 bridgehead atoms. The van der Waals surface area contributed by atoms with Crippen LogP contribution in [0.25, 0.3) is 5.82 Å². The zero-order valence-corrected chi connectivity index (χ0v) is 16.7. The van der Waals surface area contributed by atoms with Gasteiger partial charge in [-0.05, 0) is 50.2 Å². The molecule has 3 rings (SSSR count). The average molecular weight is 451 g/mol. The minimum Gasteiger partial charge on any atom is -0.434 e. The van der Waals surface area contributed by atoms with Gasteiger partial charge in [0.25, 0.3) is 5.91 Å². The third kappa shape index (κ3) is 4.72. The molecule has 0 saturated heterocycles. The van der Waals surface area contributed by atoms with Crippen LogP contribution >= 0.6 is 15.9 Å². The molecule has 0 saturated carbocycles. The number of hydrogen-bond acceptors (Lipinski definition) is 4. The fourth-order valence-electron chi connectivity index (χ4n) is 2.68.